The molecule has 1 saturated heterocycles. The third-order valence-corrected chi connectivity index (χ3v) is 5.01. The van der Waals surface area contributed by atoms with E-state index >= 15 is 0 Å². The zero-order valence-electron chi connectivity index (χ0n) is 14.8. The number of rotatable bonds is 4. The molecule has 1 aromatic carbocycles. The SMILES string of the molecule is Cc1nn(C)cc1CN1CCCCC1c1nncn1-c1ccccc1. The lowest BCUT2D eigenvalue weighted by Gasteiger charge is -2.35. The van der Waals surface area contributed by atoms with Crippen LogP contribution >= 0.6 is 0 Å². The first kappa shape index (κ1) is 16.0. The Bertz CT molecular complexity index is 835. The van der Waals surface area contributed by atoms with E-state index < -0.39 is 0 Å². The Balaban J connectivity index is 1.64. The Kier molecular flexibility index (Phi) is 4.36. The number of aryl methyl sites for hydroxylation is 2. The summed E-state index contributed by atoms with van der Waals surface area (Å²) in [4.78, 5) is 2.52. The Hall–Kier alpha value is -2.47. The van der Waals surface area contributed by atoms with Gasteiger partial charge in [0.1, 0.15) is 6.33 Å². The van der Waals surface area contributed by atoms with Gasteiger partial charge in [-0.1, -0.05) is 24.6 Å². The largest absolute Gasteiger partial charge is 0.289 e. The molecule has 1 fully saturated rings. The lowest BCUT2D eigenvalue weighted by molar-refractivity contribution is 0.132. The predicted molar refractivity (Wildman–Crippen MR) is 96.3 cm³/mol. The van der Waals surface area contributed by atoms with Gasteiger partial charge in [0.2, 0.25) is 0 Å². The fraction of sp³-hybridized carbons (Fsp3) is 0.421. The van der Waals surface area contributed by atoms with Crippen LogP contribution in [0.25, 0.3) is 5.69 Å². The second-order valence-electron chi connectivity index (χ2n) is 6.79. The second kappa shape index (κ2) is 6.80. The first-order chi connectivity index (χ1) is 12.2. The van der Waals surface area contributed by atoms with Gasteiger partial charge >= 0.3 is 0 Å². The van der Waals surface area contributed by atoms with E-state index in [0.717, 1.165) is 36.7 Å². The molecule has 0 spiro atoms. The number of para-hydroxylation sites is 1. The van der Waals surface area contributed by atoms with E-state index in [9.17, 15) is 0 Å². The van der Waals surface area contributed by atoms with Crippen molar-refractivity contribution in [3.8, 4) is 5.69 Å². The van der Waals surface area contributed by atoms with Crippen molar-refractivity contribution < 1.29 is 0 Å². The van der Waals surface area contributed by atoms with Crippen LogP contribution in [0.1, 0.15) is 42.4 Å². The van der Waals surface area contributed by atoms with Gasteiger partial charge < -0.3 is 0 Å². The molecule has 0 radical (unpaired) electrons. The normalized spacial score (nSPS) is 18.6. The molecule has 2 aromatic heterocycles. The van der Waals surface area contributed by atoms with E-state index in [1.54, 1.807) is 0 Å². The van der Waals surface area contributed by atoms with E-state index in [0.29, 0.717) is 0 Å². The van der Waals surface area contributed by atoms with Crippen LogP contribution in [0.4, 0.5) is 0 Å². The summed E-state index contributed by atoms with van der Waals surface area (Å²) in [5.74, 6) is 1.03. The zero-order valence-corrected chi connectivity index (χ0v) is 14.8. The topological polar surface area (TPSA) is 51.8 Å². The maximum absolute atomic E-state index is 4.49. The van der Waals surface area contributed by atoms with E-state index in [2.05, 4.69) is 62.1 Å². The Labute approximate surface area is 148 Å². The summed E-state index contributed by atoms with van der Waals surface area (Å²) in [6.45, 7) is 4.08. The van der Waals surface area contributed by atoms with Crippen molar-refractivity contribution in [3.63, 3.8) is 0 Å². The summed E-state index contributed by atoms with van der Waals surface area (Å²) in [7, 11) is 1.98. The minimum Gasteiger partial charge on any atom is -0.289 e. The van der Waals surface area contributed by atoms with E-state index in [1.807, 2.05) is 24.1 Å². The summed E-state index contributed by atoms with van der Waals surface area (Å²) >= 11 is 0. The van der Waals surface area contributed by atoms with Gasteiger partial charge in [-0.2, -0.15) is 5.10 Å². The van der Waals surface area contributed by atoms with Crippen LogP contribution in [0.5, 0.6) is 0 Å². The summed E-state index contributed by atoms with van der Waals surface area (Å²) in [5.41, 5.74) is 3.52. The smallest absolute Gasteiger partial charge is 0.154 e. The molecule has 4 rings (SSSR count). The molecule has 1 unspecified atom stereocenters. The fourth-order valence-corrected chi connectivity index (χ4v) is 3.75. The number of hydrogen-bond donors (Lipinski definition) is 0. The Morgan fingerprint density at radius 1 is 1.16 bits per heavy atom. The third-order valence-electron chi connectivity index (χ3n) is 5.01. The average Bonchev–Trinajstić information content (AvgIpc) is 3.23. The van der Waals surface area contributed by atoms with Gasteiger partial charge in [0.15, 0.2) is 5.82 Å². The first-order valence-corrected chi connectivity index (χ1v) is 8.91. The monoisotopic (exact) mass is 336 g/mol. The molecule has 1 atom stereocenters. The van der Waals surface area contributed by atoms with E-state index in [1.165, 1.54) is 18.4 Å². The molecule has 0 saturated carbocycles. The molecule has 0 amide bonds. The summed E-state index contributed by atoms with van der Waals surface area (Å²) in [6, 6.07) is 10.6. The maximum atomic E-state index is 4.49. The number of aromatic nitrogens is 5. The van der Waals surface area contributed by atoms with Crippen molar-refractivity contribution in [2.45, 2.75) is 38.8 Å². The summed E-state index contributed by atoms with van der Waals surface area (Å²) in [6.07, 6.45) is 7.53. The van der Waals surface area contributed by atoms with Crippen LogP contribution in [0.3, 0.4) is 0 Å². The van der Waals surface area contributed by atoms with Gasteiger partial charge in [0.05, 0.1) is 11.7 Å². The van der Waals surface area contributed by atoms with Gasteiger partial charge in [-0.3, -0.25) is 14.1 Å². The second-order valence-corrected chi connectivity index (χ2v) is 6.79. The van der Waals surface area contributed by atoms with E-state index in [-0.39, 0.29) is 6.04 Å². The highest BCUT2D eigenvalue weighted by atomic mass is 15.3. The number of hydrogen-bond acceptors (Lipinski definition) is 4. The molecule has 6 heteroatoms. The molecule has 0 bridgehead atoms. The van der Waals surface area contributed by atoms with Crippen molar-refractivity contribution in [2.75, 3.05) is 6.54 Å². The standard InChI is InChI=1S/C19H24N6/c1-15-16(12-23(2)22-15)13-24-11-7-6-10-18(24)19-21-20-14-25(19)17-8-4-3-5-9-17/h3-5,8-9,12,14,18H,6-7,10-11,13H2,1-2H3. The number of nitrogens with zero attached hydrogens (tertiary/aromatic N) is 6. The highest BCUT2D eigenvalue weighted by molar-refractivity contribution is 5.32. The molecule has 6 nitrogen and oxygen atoms in total. The first-order valence-electron chi connectivity index (χ1n) is 8.91. The number of piperidine rings is 1. The van der Waals surface area contributed by atoms with Crippen LogP contribution in [0.15, 0.2) is 42.9 Å². The average molecular weight is 336 g/mol. The molecular formula is C19H24N6. The quantitative estimate of drug-likeness (QED) is 0.735. The van der Waals surface area contributed by atoms with Crippen LogP contribution in [-0.2, 0) is 13.6 Å². The third kappa shape index (κ3) is 3.22. The molecule has 3 heterocycles. The molecule has 130 valence electrons. The highest BCUT2D eigenvalue weighted by Gasteiger charge is 2.29. The molecule has 0 N–H and O–H groups in total. The minimum absolute atomic E-state index is 0.288. The predicted octanol–water partition coefficient (Wildman–Crippen LogP) is 3.04. The van der Waals surface area contributed by atoms with Gasteiger partial charge in [0.25, 0.3) is 0 Å². The summed E-state index contributed by atoms with van der Waals surface area (Å²) in [5, 5.41) is 13.2. The molecular weight excluding hydrogens is 312 g/mol. The van der Waals surface area contributed by atoms with E-state index in [4.69, 9.17) is 0 Å². The van der Waals surface area contributed by atoms with Crippen molar-refractivity contribution >= 4 is 0 Å². The number of benzene rings is 1. The van der Waals surface area contributed by atoms with Crippen LogP contribution in [0, 0.1) is 6.92 Å². The minimum atomic E-state index is 0.288. The van der Waals surface area contributed by atoms with Gasteiger partial charge in [0, 0.05) is 31.0 Å². The van der Waals surface area contributed by atoms with Gasteiger partial charge in [-0.25, -0.2) is 0 Å². The molecule has 1 aliphatic rings. The zero-order chi connectivity index (χ0) is 17.2. The van der Waals surface area contributed by atoms with Crippen molar-refractivity contribution in [2.24, 2.45) is 7.05 Å². The van der Waals surface area contributed by atoms with Crippen LogP contribution < -0.4 is 0 Å². The number of likely N-dealkylation sites (tertiary alicyclic amines) is 1. The molecule has 0 aliphatic carbocycles. The molecule has 3 aromatic rings. The molecule has 25 heavy (non-hydrogen) atoms. The van der Waals surface area contributed by atoms with Crippen molar-refractivity contribution in [1.82, 2.24) is 29.4 Å². The van der Waals surface area contributed by atoms with Gasteiger partial charge in [-0.15, -0.1) is 10.2 Å². The lowest BCUT2D eigenvalue weighted by Crippen LogP contribution is -2.34. The van der Waals surface area contributed by atoms with Crippen molar-refractivity contribution in [3.05, 3.63) is 59.9 Å². The molecule has 1 aliphatic heterocycles. The summed E-state index contributed by atoms with van der Waals surface area (Å²) < 4.78 is 4.02. The highest BCUT2D eigenvalue weighted by Crippen LogP contribution is 2.32. The fourth-order valence-electron chi connectivity index (χ4n) is 3.75. The lowest BCUT2D eigenvalue weighted by atomic mass is 10.0. The Morgan fingerprint density at radius 3 is 2.76 bits per heavy atom. The van der Waals surface area contributed by atoms with Crippen LogP contribution in [-0.4, -0.2) is 36.0 Å². The van der Waals surface area contributed by atoms with Crippen molar-refractivity contribution in [1.29, 1.82) is 0 Å². The Morgan fingerprint density at radius 2 is 2.00 bits per heavy atom. The van der Waals surface area contributed by atoms with Crippen LogP contribution in [0.2, 0.25) is 0 Å². The van der Waals surface area contributed by atoms with Gasteiger partial charge in [-0.05, 0) is 38.4 Å². The maximum Gasteiger partial charge on any atom is 0.154 e.